The van der Waals surface area contributed by atoms with Gasteiger partial charge in [0.25, 0.3) is 0 Å². The van der Waals surface area contributed by atoms with Crippen molar-refractivity contribution in [3.63, 3.8) is 0 Å². The monoisotopic (exact) mass is 325 g/mol. The number of amides is 1. The van der Waals surface area contributed by atoms with Gasteiger partial charge in [-0.2, -0.15) is 0 Å². The summed E-state index contributed by atoms with van der Waals surface area (Å²) in [6, 6.07) is 17.9. The number of nitrogens with zero attached hydrogens (tertiary/aromatic N) is 1. The molecular weight excluding hydrogens is 306 g/mol. The van der Waals surface area contributed by atoms with E-state index in [0.717, 1.165) is 16.7 Å². The van der Waals surface area contributed by atoms with Gasteiger partial charge in [-0.25, -0.2) is 4.79 Å². The maximum atomic E-state index is 11.6. The molecule has 1 aliphatic heterocycles. The molecule has 0 saturated carbocycles. The zero-order valence-corrected chi connectivity index (χ0v) is 13.1. The maximum absolute atomic E-state index is 11.6. The van der Waals surface area contributed by atoms with E-state index >= 15 is 0 Å². The smallest absolute Gasteiger partial charge is 0.407 e. The highest BCUT2D eigenvalue weighted by atomic mass is 16.4. The Labute approximate surface area is 140 Å². The number of carboxylic acid groups (broad SMARTS) is 2. The minimum Gasteiger partial charge on any atom is -0.481 e. The number of benzene rings is 2. The molecule has 1 heterocycles. The summed E-state index contributed by atoms with van der Waals surface area (Å²) < 4.78 is 0. The van der Waals surface area contributed by atoms with Crippen molar-refractivity contribution < 1.29 is 19.8 Å². The van der Waals surface area contributed by atoms with E-state index in [4.69, 9.17) is 5.11 Å². The van der Waals surface area contributed by atoms with Crippen LogP contribution in [-0.4, -0.2) is 40.3 Å². The molecule has 2 aromatic carbocycles. The number of carboxylic acids is 1. The van der Waals surface area contributed by atoms with Gasteiger partial charge in [0.2, 0.25) is 0 Å². The molecule has 1 saturated heterocycles. The third-order valence-corrected chi connectivity index (χ3v) is 4.65. The van der Waals surface area contributed by atoms with E-state index in [9.17, 15) is 14.7 Å². The van der Waals surface area contributed by atoms with Gasteiger partial charge in [0.1, 0.15) is 0 Å². The number of piperidine rings is 1. The molecule has 0 aliphatic carbocycles. The molecule has 1 aliphatic rings. The van der Waals surface area contributed by atoms with Crippen LogP contribution >= 0.6 is 0 Å². The lowest BCUT2D eigenvalue weighted by Crippen LogP contribution is -2.45. The van der Waals surface area contributed by atoms with Gasteiger partial charge in [0, 0.05) is 19.0 Å². The molecule has 2 unspecified atom stereocenters. The fraction of sp³-hybridized carbons (Fsp3) is 0.263. The molecule has 0 aromatic heterocycles. The zero-order chi connectivity index (χ0) is 17.1. The summed E-state index contributed by atoms with van der Waals surface area (Å²) in [5.74, 6) is -1.82. The molecule has 5 heteroatoms. The predicted molar refractivity (Wildman–Crippen MR) is 90.0 cm³/mol. The summed E-state index contributed by atoms with van der Waals surface area (Å²) in [6.07, 6.45) is -0.535. The standard InChI is InChI=1S/C19H19NO4/c21-18(22)17-12-20(19(23)24)11-10-16(17)15-8-6-14(7-9-15)13-4-2-1-3-5-13/h1-9,16-17H,10-12H2,(H,21,22)(H,23,24). The fourth-order valence-electron chi connectivity index (χ4n) is 3.33. The highest BCUT2D eigenvalue weighted by molar-refractivity contribution is 5.74. The Kier molecular flexibility index (Phi) is 4.51. The van der Waals surface area contributed by atoms with Gasteiger partial charge in [-0.05, 0) is 23.1 Å². The molecule has 1 fully saturated rings. The van der Waals surface area contributed by atoms with Crippen molar-refractivity contribution in [1.29, 1.82) is 0 Å². The third-order valence-electron chi connectivity index (χ3n) is 4.65. The summed E-state index contributed by atoms with van der Waals surface area (Å²) in [7, 11) is 0. The summed E-state index contributed by atoms with van der Waals surface area (Å²) >= 11 is 0. The van der Waals surface area contributed by atoms with Crippen molar-refractivity contribution in [2.24, 2.45) is 5.92 Å². The second-order valence-corrected chi connectivity index (χ2v) is 6.06. The first-order valence-electron chi connectivity index (χ1n) is 7.92. The molecule has 24 heavy (non-hydrogen) atoms. The highest BCUT2D eigenvalue weighted by Gasteiger charge is 2.36. The van der Waals surface area contributed by atoms with Crippen LogP contribution in [0.2, 0.25) is 0 Å². The van der Waals surface area contributed by atoms with E-state index in [0.29, 0.717) is 13.0 Å². The molecule has 3 rings (SSSR count). The van der Waals surface area contributed by atoms with E-state index in [1.165, 1.54) is 4.90 Å². The van der Waals surface area contributed by atoms with E-state index < -0.39 is 18.0 Å². The Hall–Kier alpha value is -2.82. The van der Waals surface area contributed by atoms with Crippen molar-refractivity contribution >= 4 is 12.1 Å². The van der Waals surface area contributed by atoms with Crippen LogP contribution in [0.15, 0.2) is 54.6 Å². The first kappa shape index (κ1) is 16.1. The topological polar surface area (TPSA) is 77.8 Å². The normalized spacial score (nSPS) is 20.6. The van der Waals surface area contributed by atoms with Crippen LogP contribution < -0.4 is 0 Å². The second-order valence-electron chi connectivity index (χ2n) is 6.06. The Morgan fingerprint density at radius 2 is 1.54 bits per heavy atom. The molecule has 0 radical (unpaired) electrons. The summed E-state index contributed by atoms with van der Waals surface area (Å²) in [6.45, 7) is 0.403. The van der Waals surface area contributed by atoms with Crippen molar-refractivity contribution in [2.45, 2.75) is 12.3 Å². The average Bonchev–Trinajstić information content (AvgIpc) is 2.62. The molecule has 1 amide bonds. The lowest BCUT2D eigenvalue weighted by Gasteiger charge is -2.35. The van der Waals surface area contributed by atoms with Crippen LogP contribution in [0.3, 0.4) is 0 Å². The molecule has 0 spiro atoms. The highest BCUT2D eigenvalue weighted by Crippen LogP contribution is 2.34. The van der Waals surface area contributed by atoms with Crippen molar-refractivity contribution in [3.8, 4) is 11.1 Å². The van der Waals surface area contributed by atoms with Crippen molar-refractivity contribution in [3.05, 3.63) is 60.2 Å². The van der Waals surface area contributed by atoms with Crippen molar-refractivity contribution in [2.75, 3.05) is 13.1 Å². The number of likely N-dealkylation sites (tertiary alicyclic amines) is 1. The Bertz CT molecular complexity index is 727. The first-order chi connectivity index (χ1) is 11.6. The Morgan fingerprint density at radius 3 is 2.12 bits per heavy atom. The number of rotatable bonds is 3. The lowest BCUT2D eigenvalue weighted by molar-refractivity contribution is -0.144. The van der Waals surface area contributed by atoms with E-state index in [1.807, 2.05) is 54.6 Å². The van der Waals surface area contributed by atoms with Gasteiger partial charge in [-0.15, -0.1) is 0 Å². The first-order valence-corrected chi connectivity index (χ1v) is 7.92. The van der Waals surface area contributed by atoms with Crippen LogP contribution in [0.4, 0.5) is 4.79 Å². The van der Waals surface area contributed by atoms with E-state index in [-0.39, 0.29) is 12.5 Å². The lowest BCUT2D eigenvalue weighted by atomic mass is 9.80. The van der Waals surface area contributed by atoms with Crippen LogP contribution in [-0.2, 0) is 4.79 Å². The Morgan fingerprint density at radius 1 is 0.917 bits per heavy atom. The maximum Gasteiger partial charge on any atom is 0.407 e. The zero-order valence-electron chi connectivity index (χ0n) is 13.1. The van der Waals surface area contributed by atoms with Gasteiger partial charge in [-0.1, -0.05) is 54.6 Å². The quantitative estimate of drug-likeness (QED) is 0.905. The average molecular weight is 325 g/mol. The number of aliphatic carboxylic acids is 1. The minimum absolute atomic E-state index is 0.0375. The van der Waals surface area contributed by atoms with Crippen LogP contribution in [0.1, 0.15) is 17.9 Å². The molecule has 2 atom stereocenters. The molecular formula is C19H19NO4. The van der Waals surface area contributed by atoms with Gasteiger partial charge < -0.3 is 15.1 Å². The predicted octanol–water partition coefficient (Wildman–Crippen LogP) is 3.52. The minimum atomic E-state index is -1.06. The molecule has 0 bridgehead atoms. The summed E-state index contributed by atoms with van der Waals surface area (Å²) in [5.41, 5.74) is 3.14. The number of hydrogen-bond donors (Lipinski definition) is 2. The van der Waals surface area contributed by atoms with E-state index in [1.54, 1.807) is 0 Å². The van der Waals surface area contributed by atoms with Crippen LogP contribution in [0.5, 0.6) is 0 Å². The second kappa shape index (κ2) is 6.74. The SMILES string of the molecule is O=C(O)C1CN(C(=O)O)CCC1c1ccc(-c2ccccc2)cc1. The van der Waals surface area contributed by atoms with E-state index in [2.05, 4.69) is 0 Å². The van der Waals surface area contributed by atoms with Crippen LogP contribution in [0, 0.1) is 5.92 Å². The fourth-order valence-corrected chi connectivity index (χ4v) is 3.33. The third kappa shape index (κ3) is 3.25. The van der Waals surface area contributed by atoms with Gasteiger partial charge >= 0.3 is 12.1 Å². The summed E-state index contributed by atoms with van der Waals surface area (Å²) in [4.78, 5) is 23.9. The molecule has 2 N–H and O–H groups in total. The molecule has 5 nitrogen and oxygen atoms in total. The molecule has 2 aromatic rings. The molecule has 124 valence electrons. The summed E-state index contributed by atoms with van der Waals surface area (Å²) in [5, 5.41) is 18.6. The van der Waals surface area contributed by atoms with Crippen molar-refractivity contribution in [1.82, 2.24) is 4.90 Å². The van der Waals surface area contributed by atoms with Gasteiger partial charge in [-0.3, -0.25) is 4.79 Å². The number of carbonyl (C=O) groups is 2. The van der Waals surface area contributed by atoms with Gasteiger partial charge in [0.05, 0.1) is 5.92 Å². The van der Waals surface area contributed by atoms with Gasteiger partial charge in [0.15, 0.2) is 0 Å². The van der Waals surface area contributed by atoms with Crippen LogP contribution in [0.25, 0.3) is 11.1 Å². The Balaban J connectivity index is 1.82. The largest absolute Gasteiger partial charge is 0.481 e. The number of hydrogen-bond acceptors (Lipinski definition) is 2.